The maximum Gasteiger partial charge on any atom is 0.238 e. The number of benzene rings is 2. The van der Waals surface area contributed by atoms with Crippen molar-refractivity contribution in [3.05, 3.63) is 97.0 Å². The van der Waals surface area contributed by atoms with Crippen LogP contribution in [0.25, 0.3) is 6.08 Å². The second-order valence-corrected chi connectivity index (χ2v) is 12.0. The van der Waals surface area contributed by atoms with Crippen LogP contribution in [-0.4, -0.2) is 43.2 Å². The van der Waals surface area contributed by atoms with Gasteiger partial charge >= 0.3 is 0 Å². The molecule has 0 radical (unpaired) electrons. The van der Waals surface area contributed by atoms with Crippen LogP contribution in [0.5, 0.6) is 0 Å². The minimum absolute atomic E-state index is 0.240. The second-order valence-electron chi connectivity index (χ2n) is 8.30. The lowest BCUT2D eigenvalue weighted by Crippen LogP contribution is -2.46. The lowest BCUT2D eigenvalue weighted by molar-refractivity contribution is -0.133. The van der Waals surface area contributed by atoms with E-state index < -0.39 is 16.1 Å². The number of carbonyl (C=O) groups excluding carboxylic acids is 1. The standard InChI is InChI=1S/C26H26Cl2N2O3S2/c1-2-13-29(35(32,33)16-12-19-6-4-3-5-7-19)18-25(31)30-14-10-24-22(11-15-34-24)26(30)21-9-8-20(27)17-23(21)28/h3-9,11-12,15-17,26H,2,10,13-14,18H2,1H3/b16-12+. The number of halogens is 2. The summed E-state index contributed by atoms with van der Waals surface area (Å²) in [5.74, 6) is -0.261. The van der Waals surface area contributed by atoms with E-state index >= 15 is 0 Å². The smallest absolute Gasteiger partial charge is 0.238 e. The Balaban J connectivity index is 1.62. The zero-order valence-electron chi connectivity index (χ0n) is 19.2. The topological polar surface area (TPSA) is 57.7 Å². The fourth-order valence-electron chi connectivity index (χ4n) is 4.25. The summed E-state index contributed by atoms with van der Waals surface area (Å²) in [4.78, 5) is 16.6. The molecular formula is C26H26Cl2N2O3S2. The van der Waals surface area contributed by atoms with Crippen molar-refractivity contribution in [2.45, 2.75) is 25.8 Å². The minimum atomic E-state index is -3.80. The Hall–Kier alpha value is -2.16. The number of rotatable bonds is 8. The van der Waals surface area contributed by atoms with Crippen molar-refractivity contribution in [1.29, 1.82) is 0 Å². The van der Waals surface area contributed by atoms with Gasteiger partial charge in [0.25, 0.3) is 0 Å². The van der Waals surface area contributed by atoms with Gasteiger partial charge in [-0.05, 0) is 59.2 Å². The summed E-state index contributed by atoms with van der Waals surface area (Å²) in [5, 5.41) is 4.18. The Bertz CT molecular complexity index is 1320. The average molecular weight is 550 g/mol. The van der Waals surface area contributed by atoms with E-state index in [1.807, 2.05) is 54.8 Å². The second kappa shape index (κ2) is 11.3. The minimum Gasteiger partial charge on any atom is -0.330 e. The zero-order chi connectivity index (χ0) is 25.0. The first-order valence-corrected chi connectivity index (χ1v) is 14.5. The van der Waals surface area contributed by atoms with Crippen molar-refractivity contribution in [3.63, 3.8) is 0 Å². The zero-order valence-corrected chi connectivity index (χ0v) is 22.4. The summed E-state index contributed by atoms with van der Waals surface area (Å²) in [6, 6.07) is 16.1. The lowest BCUT2D eigenvalue weighted by Gasteiger charge is -2.37. The van der Waals surface area contributed by atoms with Gasteiger partial charge in [0.15, 0.2) is 0 Å². The first-order chi connectivity index (χ1) is 16.8. The third-order valence-electron chi connectivity index (χ3n) is 5.92. The monoisotopic (exact) mass is 548 g/mol. The van der Waals surface area contributed by atoms with Crippen LogP contribution in [0.4, 0.5) is 0 Å². The summed E-state index contributed by atoms with van der Waals surface area (Å²) >= 11 is 14.3. The molecule has 2 heterocycles. The maximum absolute atomic E-state index is 13.6. The molecule has 2 aromatic carbocycles. The summed E-state index contributed by atoms with van der Waals surface area (Å²) in [7, 11) is -3.80. The van der Waals surface area contributed by atoms with Gasteiger partial charge in [0, 0.05) is 33.4 Å². The lowest BCUT2D eigenvalue weighted by atomic mass is 9.93. The average Bonchev–Trinajstić information content (AvgIpc) is 3.32. The summed E-state index contributed by atoms with van der Waals surface area (Å²) in [6.45, 7) is 2.38. The summed E-state index contributed by atoms with van der Waals surface area (Å²) < 4.78 is 27.5. The molecule has 0 bridgehead atoms. The number of sulfonamides is 1. The Morgan fingerprint density at radius 3 is 2.63 bits per heavy atom. The van der Waals surface area contributed by atoms with Gasteiger partial charge < -0.3 is 4.90 Å². The molecule has 0 saturated carbocycles. The van der Waals surface area contributed by atoms with Crippen LogP contribution in [0.3, 0.4) is 0 Å². The molecule has 1 atom stereocenters. The van der Waals surface area contributed by atoms with Crippen LogP contribution >= 0.6 is 34.5 Å². The number of hydrogen-bond acceptors (Lipinski definition) is 4. The molecule has 184 valence electrons. The molecule has 1 amide bonds. The van der Waals surface area contributed by atoms with Gasteiger partial charge in [-0.1, -0.05) is 66.5 Å². The van der Waals surface area contributed by atoms with E-state index in [0.717, 1.165) is 23.1 Å². The Morgan fingerprint density at radius 2 is 1.91 bits per heavy atom. The molecular weight excluding hydrogens is 523 g/mol. The Morgan fingerprint density at radius 1 is 1.14 bits per heavy atom. The van der Waals surface area contributed by atoms with E-state index in [-0.39, 0.29) is 19.0 Å². The van der Waals surface area contributed by atoms with Crippen LogP contribution in [0, 0.1) is 0 Å². The first kappa shape index (κ1) is 25.9. The fraction of sp³-hybridized carbons (Fsp3) is 0.269. The van der Waals surface area contributed by atoms with E-state index in [1.54, 1.807) is 34.4 Å². The van der Waals surface area contributed by atoms with Gasteiger partial charge in [-0.2, -0.15) is 4.31 Å². The molecule has 9 heteroatoms. The van der Waals surface area contributed by atoms with Crippen LogP contribution in [0.2, 0.25) is 10.0 Å². The molecule has 1 aliphatic rings. The number of nitrogens with zero attached hydrogens (tertiary/aromatic N) is 2. The predicted molar refractivity (Wildman–Crippen MR) is 144 cm³/mol. The van der Waals surface area contributed by atoms with E-state index in [9.17, 15) is 13.2 Å². The highest BCUT2D eigenvalue weighted by atomic mass is 35.5. The largest absolute Gasteiger partial charge is 0.330 e. The van der Waals surface area contributed by atoms with Crippen molar-refractivity contribution >= 4 is 56.5 Å². The van der Waals surface area contributed by atoms with Crippen molar-refractivity contribution < 1.29 is 13.2 Å². The predicted octanol–water partition coefficient (Wildman–Crippen LogP) is 6.24. The first-order valence-electron chi connectivity index (χ1n) is 11.3. The molecule has 0 fully saturated rings. The number of thiophene rings is 1. The maximum atomic E-state index is 13.6. The quantitative estimate of drug-likeness (QED) is 0.334. The fourth-order valence-corrected chi connectivity index (χ4v) is 6.89. The third-order valence-corrected chi connectivity index (χ3v) is 8.99. The van der Waals surface area contributed by atoms with Crippen molar-refractivity contribution in [1.82, 2.24) is 9.21 Å². The highest BCUT2D eigenvalue weighted by Crippen LogP contribution is 2.41. The molecule has 0 N–H and O–H groups in total. The van der Waals surface area contributed by atoms with E-state index in [2.05, 4.69) is 0 Å². The van der Waals surface area contributed by atoms with Crippen molar-refractivity contribution in [3.8, 4) is 0 Å². The SMILES string of the molecule is CCCN(CC(=O)N1CCc2sccc2C1c1ccc(Cl)cc1Cl)S(=O)(=O)/C=C/c1ccccc1. The molecule has 0 saturated heterocycles. The highest BCUT2D eigenvalue weighted by molar-refractivity contribution is 7.92. The molecule has 5 nitrogen and oxygen atoms in total. The molecule has 1 unspecified atom stereocenters. The van der Waals surface area contributed by atoms with Gasteiger partial charge in [-0.25, -0.2) is 8.42 Å². The third kappa shape index (κ3) is 5.98. The molecule has 1 aliphatic heterocycles. The van der Waals surface area contributed by atoms with Crippen LogP contribution in [-0.2, 0) is 21.2 Å². The Labute approximate surface area is 220 Å². The molecule has 3 aromatic rings. The summed E-state index contributed by atoms with van der Waals surface area (Å²) in [5.41, 5.74) is 2.57. The number of amides is 1. The van der Waals surface area contributed by atoms with Crippen molar-refractivity contribution in [2.24, 2.45) is 0 Å². The molecule has 0 aliphatic carbocycles. The van der Waals surface area contributed by atoms with E-state index in [1.165, 1.54) is 14.6 Å². The van der Waals surface area contributed by atoms with Crippen molar-refractivity contribution in [2.75, 3.05) is 19.6 Å². The highest BCUT2D eigenvalue weighted by Gasteiger charge is 2.35. The van der Waals surface area contributed by atoms with E-state index in [4.69, 9.17) is 23.2 Å². The Kier molecular flexibility index (Phi) is 8.34. The van der Waals surface area contributed by atoms with Gasteiger partial charge in [-0.3, -0.25) is 4.79 Å². The normalized spacial score (nSPS) is 16.1. The van der Waals surface area contributed by atoms with Gasteiger partial charge in [0.2, 0.25) is 15.9 Å². The van der Waals surface area contributed by atoms with Crippen LogP contribution in [0.1, 0.15) is 41.0 Å². The molecule has 4 rings (SSSR count). The number of fused-ring (bicyclic) bond motifs is 1. The van der Waals surface area contributed by atoms with Gasteiger partial charge in [-0.15, -0.1) is 11.3 Å². The molecule has 0 spiro atoms. The summed E-state index contributed by atoms with van der Waals surface area (Å²) in [6.07, 6.45) is 2.86. The molecule has 35 heavy (non-hydrogen) atoms. The number of carbonyl (C=O) groups is 1. The van der Waals surface area contributed by atoms with E-state index in [0.29, 0.717) is 23.0 Å². The number of hydrogen-bond donors (Lipinski definition) is 0. The molecule has 1 aromatic heterocycles. The van der Waals surface area contributed by atoms with Gasteiger partial charge in [0.1, 0.15) is 0 Å². The van der Waals surface area contributed by atoms with Crippen LogP contribution in [0.15, 0.2) is 65.4 Å². The van der Waals surface area contributed by atoms with Crippen LogP contribution < -0.4 is 0 Å². The van der Waals surface area contributed by atoms with Gasteiger partial charge in [0.05, 0.1) is 12.6 Å².